The molecular weight excluding hydrogens is 450 g/mol. The van der Waals surface area contributed by atoms with E-state index < -0.39 is 0 Å². The Balaban J connectivity index is 1.36. The highest BCUT2D eigenvalue weighted by molar-refractivity contribution is 7.98. The number of thioether (sulfide) groups is 1. The zero-order valence-corrected chi connectivity index (χ0v) is 20.5. The second-order valence-electron chi connectivity index (χ2n) is 8.10. The van der Waals surface area contributed by atoms with Crippen molar-refractivity contribution >= 4 is 23.5 Å². The summed E-state index contributed by atoms with van der Waals surface area (Å²) in [6.45, 7) is 8.13. The number of piperazine rings is 1. The van der Waals surface area contributed by atoms with Crippen LogP contribution < -0.4 is 10.2 Å². The van der Waals surface area contributed by atoms with E-state index in [9.17, 15) is 4.79 Å². The Labute approximate surface area is 204 Å². The standard InChI is InChI=1S/C25H31N5O3S/c1-3-29-10-12-30(13-11-29)23-15-21(17-32-2)27-25(28-23)34-18-19-6-8-20(9-7-19)24(31)26-16-22-5-4-14-33-22/h4-9,14-15H,3,10-13,16-18H2,1-2H3,(H,26,31). The van der Waals surface area contributed by atoms with Crippen molar-refractivity contribution in [3.05, 3.63) is 71.3 Å². The average Bonchev–Trinajstić information content (AvgIpc) is 3.40. The Hall–Kier alpha value is -2.88. The molecule has 0 radical (unpaired) electrons. The van der Waals surface area contributed by atoms with E-state index in [1.165, 1.54) is 0 Å². The molecule has 0 spiro atoms. The molecule has 1 aliphatic heterocycles. The number of carbonyl (C=O) groups is 1. The molecule has 34 heavy (non-hydrogen) atoms. The van der Waals surface area contributed by atoms with Gasteiger partial charge in [-0.2, -0.15) is 0 Å². The predicted molar refractivity (Wildman–Crippen MR) is 133 cm³/mol. The second kappa shape index (κ2) is 12.0. The fourth-order valence-corrected chi connectivity index (χ4v) is 4.61. The molecule has 9 heteroatoms. The molecule has 1 N–H and O–H groups in total. The van der Waals surface area contributed by atoms with Crippen LogP contribution in [0.5, 0.6) is 0 Å². The number of nitrogens with one attached hydrogen (secondary N) is 1. The van der Waals surface area contributed by atoms with E-state index in [4.69, 9.17) is 14.1 Å². The lowest BCUT2D eigenvalue weighted by atomic mass is 10.1. The van der Waals surface area contributed by atoms with Crippen LogP contribution in [0.3, 0.4) is 0 Å². The van der Waals surface area contributed by atoms with Gasteiger partial charge in [0.2, 0.25) is 0 Å². The summed E-state index contributed by atoms with van der Waals surface area (Å²) in [6, 6.07) is 13.3. The van der Waals surface area contributed by atoms with Crippen molar-refractivity contribution in [3.8, 4) is 0 Å². The van der Waals surface area contributed by atoms with E-state index in [-0.39, 0.29) is 5.91 Å². The number of hydrogen-bond donors (Lipinski definition) is 1. The van der Waals surface area contributed by atoms with Gasteiger partial charge in [0, 0.05) is 50.7 Å². The minimum Gasteiger partial charge on any atom is -0.467 e. The minimum atomic E-state index is -0.126. The number of methoxy groups -OCH3 is 1. The number of rotatable bonds is 10. The third kappa shape index (κ3) is 6.59. The average molecular weight is 482 g/mol. The van der Waals surface area contributed by atoms with Crippen LogP contribution in [0.4, 0.5) is 5.82 Å². The molecule has 3 aromatic rings. The minimum absolute atomic E-state index is 0.126. The van der Waals surface area contributed by atoms with Crippen molar-refractivity contribution in [1.82, 2.24) is 20.2 Å². The number of furan rings is 1. The van der Waals surface area contributed by atoms with Gasteiger partial charge in [-0.1, -0.05) is 30.8 Å². The molecule has 0 atom stereocenters. The summed E-state index contributed by atoms with van der Waals surface area (Å²) in [5, 5.41) is 3.60. The van der Waals surface area contributed by atoms with Crippen molar-refractivity contribution < 1.29 is 13.9 Å². The lowest BCUT2D eigenvalue weighted by molar-refractivity contribution is 0.0948. The van der Waals surface area contributed by atoms with Crippen LogP contribution >= 0.6 is 11.8 Å². The molecule has 1 aliphatic rings. The van der Waals surface area contributed by atoms with Crippen molar-refractivity contribution in [2.24, 2.45) is 0 Å². The smallest absolute Gasteiger partial charge is 0.251 e. The molecule has 1 saturated heterocycles. The van der Waals surface area contributed by atoms with Crippen LogP contribution in [-0.4, -0.2) is 60.6 Å². The maximum Gasteiger partial charge on any atom is 0.251 e. The van der Waals surface area contributed by atoms with Crippen LogP contribution in [0.25, 0.3) is 0 Å². The number of anilines is 1. The first-order valence-electron chi connectivity index (χ1n) is 11.5. The van der Waals surface area contributed by atoms with Crippen molar-refractivity contribution in [2.45, 2.75) is 31.0 Å². The van der Waals surface area contributed by atoms with Gasteiger partial charge in [0.15, 0.2) is 5.16 Å². The summed E-state index contributed by atoms with van der Waals surface area (Å²) in [7, 11) is 1.68. The number of amides is 1. The summed E-state index contributed by atoms with van der Waals surface area (Å²) in [6.07, 6.45) is 1.60. The molecule has 0 bridgehead atoms. The normalized spacial score (nSPS) is 14.4. The topological polar surface area (TPSA) is 83.7 Å². The molecule has 1 fully saturated rings. The number of aromatic nitrogens is 2. The van der Waals surface area contributed by atoms with Crippen molar-refractivity contribution in [3.63, 3.8) is 0 Å². The van der Waals surface area contributed by atoms with Gasteiger partial charge in [-0.05, 0) is 36.4 Å². The molecule has 3 heterocycles. The fraction of sp³-hybridized carbons (Fsp3) is 0.400. The first kappa shape index (κ1) is 24.3. The molecule has 180 valence electrons. The lowest BCUT2D eigenvalue weighted by Crippen LogP contribution is -2.46. The van der Waals surface area contributed by atoms with E-state index >= 15 is 0 Å². The second-order valence-corrected chi connectivity index (χ2v) is 9.04. The number of benzene rings is 1. The van der Waals surface area contributed by atoms with Gasteiger partial charge in [0.05, 0.1) is 25.1 Å². The number of hydrogen-bond acceptors (Lipinski definition) is 8. The molecule has 1 amide bonds. The summed E-state index contributed by atoms with van der Waals surface area (Å²) in [5.41, 5.74) is 2.61. The fourth-order valence-electron chi connectivity index (χ4n) is 3.78. The van der Waals surface area contributed by atoms with E-state index in [1.54, 1.807) is 31.2 Å². The molecule has 1 aromatic carbocycles. The Bertz CT molecular complexity index is 1050. The first-order valence-corrected chi connectivity index (χ1v) is 12.5. The van der Waals surface area contributed by atoms with Gasteiger partial charge in [-0.3, -0.25) is 4.79 Å². The van der Waals surface area contributed by atoms with Gasteiger partial charge in [0.25, 0.3) is 5.91 Å². The third-order valence-corrected chi connectivity index (χ3v) is 6.69. The van der Waals surface area contributed by atoms with Gasteiger partial charge < -0.3 is 24.3 Å². The quantitative estimate of drug-likeness (QED) is 0.348. The highest BCUT2D eigenvalue weighted by Gasteiger charge is 2.18. The Morgan fingerprint density at radius 3 is 2.62 bits per heavy atom. The number of nitrogens with zero attached hydrogens (tertiary/aromatic N) is 4. The Morgan fingerprint density at radius 2 is 1.94 bits per heavy atom. The largest absolute Gasteiger partial charge is 0.467 e. The van der Waals surface area contributed by atoms with Gasteiger partial charge >= 0.3 is 0 Å². The first-order chi connectivity index (χ1) is 16.6. The molecule has 0 saturated carbocycles. The summed E-state index contributed by atoms with van der Waals surface area (Å²) in [5.74, 6) is 2.28. The van der Waals surface area contributed by atoms with E-state index in [0.717, 1.165) is 60.7 Å². The predicted octanol–water partition coefficient (Wildman–Crippen LogP) is 3.58. The summed E-state index contributed by atoms with van der Waals surface area (Å²) < 4.78 is 10.6. The maximum absolute atomic E-state index is 12.4. The van der Waals surface area contributed by atoms with Crippen LogP contribution in [0.1, 0.15) is 34.3 Å². The van der Waals surface area contributed by atoms with Crippen LogP contribution in [0, 0.1) is 0 Å². The highest BCUT2D eigenvalue weighted by atomic mass is 32.2. The maximum atomic E-state index is 12.4. The number of likely N-dealkylation sites (N-methyl/N-ethyl adjacent to an activating group) is 1. The lowest BCUT2D eigenvalue weighted by Gasteiger charge is -2.34. The zero-order valence-electron chi connectivity index (χ0n) is 19.7. The molecule has 0 aliphatic carbocycles. The van der Waals surface area contributed by atoms with Gasteiger partial charge in [-0.25, -0.2) is 9.97 Å². The SMILES string of the molecule is CCN1CCN(c2cc(COC)nc(SCc3ccc(C(=O)NCc4ccco4)cc3)n2)CC1. The van der Waals surface area contributed by atoms with Crippen LogP contribution in [0.15, 0.2) is 58.3 Å². The molecule has 8 nitrogen and oxygen atoms in total. The third-order valence-electron chi connectivity index (χ3n) is 5.77. The van der Waals surface area contributed by atoms with Crippen molar-refractivity contribution in [2.75, 3.05) is 44.7 Å². The molecular formula is C25H31N5O3S. The number of carbonyl (C=O) groups excluding carboxylic acids is 1. The van der Waals surface area contributed by atoms with Crippen LogP contribution in [-0.2, 0) is 23.6 Å². The molecule has 2 aromatic heterocycles. The van der Waals surface area contributed by atoms with Gasteiger partial charge in [-0.15, -0.1) is 0 Å². The van der Waals surface area contributed by atoms with Crippen molar-refractivity contribution in [1.29, 1.82) is 0 Å². The Morgan fingerprint density at radius 1 is 1.15 bits per heavy atom. The van der Waals surface area contributed by atoms with E-state index in [2.05, 4.69) is 27.0 Å². The van der Waals surface area contributed by atoms with Crippen LogP contribution in [0.2, 0.25) is 0 Å². The monoisotopic (exact) mass is 481 g/mol. The van der Waals surface area contributed by atoms with E-state index in [1.807, 2.05) is 36.4 Å². The molecule has 4 rings (SSSR count). The highest BCUT2D eigenvalue weighted by Crippen LogP contribution is 2.24. The summed E-state index contributed by atoms with van der Waals surface area (Å²) in [4.78, 5) is 26.6. The Kier molecular flexibility index (Phi) is 8.56. The number of ether oxygens (including phenoxy) is 1. The van der Waals surface area contributed by atoms with E-state index in [0.29, 0.717) is 24.5 Å². The summed E-state index contributed by atoms with van der Waals surface area (Å²) >= 11 is 1.59. The molecule has 0 unspecified atom stereocenters. The zero-order chi connectivity index (χ0) is 23.8. The van der Waals surface area contributed by atoms with Gasteiger partial charge in [0.1, 0.15) is 11.6 Å².